The summed E-state index contributed by atoms with van der Waals surface area (Å²) >= 11 is 3.61. The van der Waals surface area contributed by atoms with E-state index in [4.69, 9.17) is 0 Å². The van der Waals surface area contributed by atoms with Crippen LogP contribution in [0.15, 0.2) is 28.5 Å². The van der Waals surface area contributed by atoms with Crippen molar-refractivity contribution in [2.75, 3.05) is 11.5 Å². The van der Waals surface area contributed by atoms with Crippen LogP contribution in [-0.4, -0.2) is 17.8 Å². The van der Waals surface area contributed by atoms with Crippen LogP contribution < -0.4 is 0 Å². The molecule has 3 rings (SSSR count). The summed E-state index contributed by atoms with van der Waals surface area (Å²) < 4.78 is 0. The summed E-state index contributed by atoms with van der Waals surface area (Å²) in [6.45, 7) is 10.9. The lowest BCUT2D eigenvalue weighted by Crippen LogP contribution is -2.09. The molecule has 0 aliphatic carbocycles. The first-order chi connectivity index (χ1) is 13.1. The summed E-state index contributed by atoms with van der Waals surface area (Å²) in [5.41, 5.74) is 1.16. The zero-order valence-electron chi connectivity index (χ0n) is 16.9. The zero-order chi connectivity index (χ0) is 19.4. The zero-order valence-corrected chi connectivity index (χ0v) is 19.4. The van der Waals surface area contributed by atoms with Crippen LogP contribution in [0.1, 0.15) is 80.3 Å². The van der Waals surface area contributed by atoms with Crippen LogP contribution in [0.4, 0.5) is 0 Å². The van der Waals surface area contributed by atoms with Crippen LogP contribution in [0.25, 0.3) is 15.3 Å². The van der Waals surface area contributed by atoms with Crippen molar-refractivity contribution in [2.45, 2.75) is 75.5 Å². The van der Waals surface area contributed by atoms with Gasteiger partial charge in [-0.1, -0.05) is 52.5 Å². The molecule has 3 heterocycles. The Kier molecular flexibility index (Phi) is 7.04. The predicted molar refractivity (Wildman–Crippen MR) is 125 cm³/mol. The molecule has 0 aromatic carbocycles. The van der Waals surface area contributed by atoms with E-state index in [1.54, 1.807) is 16.2 Å². The fourth-order valence-corrected chi connectivity index (χ4v) is 11.8. The maximum Gasteiger partial charge on any atom is 0.160 e. The van der Waals surface area contributed by atoms with E-state index >= 15 is 0 Å². The number of unbranched alkanes of at least 4 members (excludes halogenated alkanes) is 5. The minimum absolute atomic E-state index is 0.900. The smallest absolute Gasteiger partial charge is 0.160 e. The highest BCUT2D eigenvalue weighted by Gasteiger charge is 2.41. The molecule has 1 aliphatic heterocycles. The van der Waals surface area contributed by atoms with Crippen LogP contribution in [0.5, 0.6) is 0 Å². The second kappa shape index (κ2) is 9.11. The molecular formula is C23H32OS3. The van der Waals surface area contributed by atoms with Gasteiger partial charge in [0.15, 0.2) is 6.29 Å². The second-order valence-corrected chi connectivity index (χ2v) is 13.2. The molecule has 2 aromatic heterocycles. The number of allylic oxidation sites excluding steroid dienone is 1. The van der Waals surface area contributed by atoms with Crippen molar-refractivity contribution in [3.05, 3.63) is 28.5 Å². The number of carbonyl (C=O) groups excluding carboxylic acids is 1. The number of hydrogen-bond donors (Lipinski definition) is 0. The third-order valence-electron chi connectivity index (χ3n) is 5.44. The quantitative estimate of drug-likeness (QED) is 0.262. The lowest BCUT2D eigenvalue weighted by atomic mass is 10.2. The van der Waals surface area contributed by atoms with E-state index in [9.17, 15) is 4.79 Å². The van der Waals surface area contributed by atoms with Gasteiger partial charge >= 0.3 is 0 Å². The molecule has 0 amide bonds. The average Bonchev–Trinajstić information content (AvgIpc) is 3.32. The molecule has 0 N–H and O–H groups in total. The van der Waals surface area contributed by atoms with Crippen molar-refractivity contribution in [3.8, 4) is 9.75 Å². The molecule has 4 heteroatoms. The van der Waals surface area contributed by atoms with Crippen LogP contribution in [0.3, 0.4) is 0 Å². The summed E-state index contributed by atoms with van der Waals surface area (Å²) in [5.74, 6) is 2.58. The van der Waals surface area contributed by atoms with Gasteiger partial charge in [0.25, 0.3) is 0 Å². The third kappa shape index (κ3) is 3.99. The van der Waals surface area contributed by atoms with E-state index in [-0.39, 0.29) is 0 Å². The van der Waals surface area contributed by atoms with E-state index in [0.717, 1.165) is 16.7 Å². The third-order valence-corrected chi connectivity index (χ3v) is 12.5. The minimum Gasteiger partial charge on any atom is -0.297 e. The van der Waals surface area contributed by atoms with Gasteiger partial charge in [0.2, 0.25) is 0 Å². The first-order valence-corrected chi connectivity index (χ1v) is 13.9. The van der Waals surface area contributed by atoms with Gasteiger partial charge in [-0.05, 0) is 49.0 Å². The van der Waals surface area contributed by atoms with Crippen LogP contribution in [0.2, 0.25) is 0 Å². The normalized spacial score (nSPS) is 20.1. The van der Waals surface area contributed by atoms with Crippen molar-refractivity contribution >= 4 is 44.6 Å². The maximum absolute atomic E-state index is 11.5. The molecule has 148 valence electrons. The lowest BCUT2D eigenvalue weighted by molar-refractivity contribution is 0.112. The topological polar surface area (TPSA) is 17.1 Å². The molecule has 0 spiro atoms. The van der Waals surface area contributed by atoms with E-state index < -0.39 is 10.0 Å². The first-order valence-electron chi connectivity index (χ1n) is 10.2. The molecule has 27 heavy (non-hydrogen) atoms. The maximum atomic E-state index is 11.5. The van der Waals surface area contributed by atoms with Crippen molar-refractivity contribution in [1.82, 2.24) is 0 Å². The van der Waals surface area contributed by atoms with Gasteiger partial charge in [-0.15, -0.1) is 22.7 Å². The molecule has 1 aliphatic rings. The molecule has 1 nitrogen and oxygen atoms in total. The molecule has 0 bridgehead atoms. The van der Waals surface area contributed by atoms with Gasteiger partial charge < -0.3 is 0 Å². The minimum atomic E-state index is -1.01. The number of thiophene rings is 2. The highest BCUT2D eigenvalue weighted by Crippen LogP contribution is 2.75. The standard InChI is InChI=1S/C23H32OS3/c1-5-7-9-11-13-27(12-10-8-6-2)20-14-18(16-24)25-22(20)23-21(27)15-19(26-23)17(3)4/h14-16H,3,5-13H2,1-2,4H3. The highest BCUT2D eigenvalue weighted by molar-refractivity contribution is 8.34. The SMILES string of the molecule is C=C(C)c1cc2c(s1)-c1sc(C=O)cc1S2(CCCCC)CCCCCC. The summed E-state index contributed by atoms with van der Waals surface area (Å²) in [4.78, 5) is 19.7. The van der Waals surface area contributed by atoms with Gasteiger partial charge in [0.05, 0.1) is 14.6 Å². The van der Waals surface area contributed by atoms with E-state index in [1.807, 2.05) is 11.3 Å². The Labute approximate surface area is 174 Å². The number of fused-ring (bicyclic) bond motifs is 3. The molecule has 0 radical (unpaired) electrons. The van der Waals surface area contributed by atoms with E-state index in [0.29, 0.717) is 0 Å². The van der Waals surface area contributed by atoms with E-state index in [2.05, 4.69) is 39.5 Å². The van der Waals surface area contributed by atoms with Gasteiger partial charge in [-0.3, -0.25) is 4.79 Å². The van der Waals surface area contributed by atoms with Crippen LogP contribution >= 0.6 is 32.7 Å². The fourth-order valence-electron chi connectivity index (χ4n) is 3.97. The summed E-state index contributed by atoms with van der Waals surface area (Å²) in [7, 11) is -1.01. The van der Waals surface area contributed by atoms with Gasteiger partial charge in [0.1, 0.15) is 0 Å². The molecule has 0 fully saturated rings. The summed E-state index contributed by atoms with van der Waals surface area (Å²) in [5, 5.41) is 0. The van der Waals surface area contributed by atoms with Crippen LogP contribution in [-0.2, 0) is 0 Å². The van der Waals surface area contributed by atoms with Crippen LogP contribution in [0, 0.1) is 0 Å². The van der Waals surface area contributed by atoms with E-state index in [1.165, 1.54) is 76.0 Å². The largest absolute Gasteiger partial charge is 0.297 e. The Balaban J connectivity index is 2.06. The Morgan fingerprint density at radius 2 is 1.56 bits per heavy atom. The molecule has 0 saturated heterocycles. The van der Waals surface area contributed by atoms with Gasteiger partial charge in [-0.2, -0.15) is 10.0 Å². The molecular weight excluding hydrogens is 388 g/mol. The second-order valence-electron chi connectivity index (χ2n) is 7.60. The Bertz CT molecular complexity index is 814. The Morgan fingerprint density at radius 3 is 2.19 bits per heavy atom. The number of carbonyl (C=O) groups is 1. The monoisotopic (exact) mass is 420 g/mol. The average molecular weight is 421 g/mol. The van der Waals surface area contributed by atoms with Crippen molar-refractivity contribution in [3.63, 3.8) is 0 Å². The number of hydrogen-bond acceptors (Lipinski definition) is 3. The predicted octanol–water partition coefficient (Wildman–Crippen LogP) is 8.63. The Morgan fingerprint density at radius 1 is 0.963 bits per heavy atom. The van der Waals surface area contributed by atoms with Crippen molar-refractivity contribution in [2.24, 2.45) is 0 Å². The fraction of sp³-hybridized carbons (Fsp3) is 0.522. The molecule has 1 atom stereocenters. The molecule has 0 saturated carbocycles. The Hall–Kier alpha value is -0.840. The molecule has 1 unspecified atom stereocenters. The van der Waals surface area contributed by atoms with Crippen molar-refractivity contribution < 1.29 is 4.79 Å². The van der Waals surface area contributed by atoms with Gasteiger partial charge in [-0.25, -0.2) is 0 Å². The first kappa shape index (κ1) is 20.9. The number of rotatable bonds is 11. The van der Waals surface area contributed by atoms with Gasteiger partial charge in [0, 0.05) is 14.7 Å². The summed E-state index contributed by atoms with van der Waals surface area (Å²) in [6.07, 6.45) is 10.1. The highest BCUT2D eigenvalue weighted by atomic mass is 32.3. The molecule has 2 aromatic rings. The summed E-state index contributed by atoms with van der Waals surface area (Å²) in [6, 6.07) is 4.69. The number of aldehydes is 1. The lowest BCUT2D eigenvalue weighted by Gasteiger charge is -2.37. The van der Waals surface area contributed by atoms with Crippen molar-refractivity contribution in [1.29, 1.82) is 0 Å².